The third-order valence-corrected chi connectivity index (χ3v) is 8.20. The van der Waals surface area contributed by atoms with Crippen molar-refractivity contribution in [2.75, 3.05) is 14.2 Å². The fourth-order valence-corrected chi connectivity index (χ4v) is 6.40. The van der Waals surface area contributed by atoms with Crippen LogP contribution in [0.2, 0.25) is 0 Å². The number of pyridine rings is 1. The Morgan fingerprint density at radius 1 is 0.622 bits per heavy atom. The minimum absolute atomic E-state index is 0.497. The number of hydrogen-bond acceptors (Lipinski definition) is 5. The van der Waals surface area contributed by atoms with E-state index in [1.807, 2.05) is 42.6 Å². The maximum Gasteiger partial charge on any atom is 0.245 e. The molecule has 3 heterocycles. The number of para-hydroxylation sites is 1. The number of rotatable bonds is 7. The van der Waals surface area contributed by atoms with Gasteiger partial charge in [-0.1, -0.05) is 42.0 Å². The van der Waals surface area contributed by atoms with Gasteiger partial charge in [-0.05, 0) is 92.4 Å². The van der Waals surface area contributed by atoms with Crippen LogP contribution in [0.25, 0.3) is 44.4 Å². The van der Waals surface area contributed by atoms with E-state index >= 15 is 0 Å². The van der Waals surface area contributed by atoms with E-state index in [1.54, 1.807) is 18.9 Å². The third kappa shape index (κ3) is 4.86. The first kappa shape index (κ1) is 28.2. The number of methoxy groups -OCH3 is 2. The summed E-state index contributed by atoms with van der Waals surface area (Å²) in [5.41, 5.74) is 9.41. The summed E-state index contributed by atoms with van der Waals surface area (Å²) in [6, 6.07) is 30.9. The Morgan fingerprint density at radius 3 is 2.13 bits per heavy atom. The Labute approximate surface area is 262 Å². The molecule has 0 saturated carbocycles. The molecule has 0 radical (unpaired) electrons. The van der Waals surface area contributed by atoms with Crippen LogP contribution in [0.1, 0.15) is 22.3 Å². The van der Waals surface area contributed by atoms with Crippen molar-refractivity contribution in [3.05, 3.63) is 119 Å². The summed E-state index contributed by atoms with van der Waals surface area (Å²) in [7, 11) is 3.29. The summed E-state index contributed by atoms with van der Waals surface area (Å²) >= 11 is 0. The van der Waals surface area contributed by atoms with E-state index in [9.17, 15) is 0 Å². The number of aryl methyl sites for hydroxylation is 4. The van der Waals surface area contributed by atoms with Crippen molar-refractivity contribution in [2.45, 2.75) is 27.7 Å². The molecule has 0 fully saturated rings. The molecular formula is C38H34N4O3. The summed E-state index contributed by atoms with van der Waals surface area (Å²) in [6.45, 7) is 8.39. The molecule has 7 nitrogen and oxygen atoms in total. The van der Waals surface area contributed by atoms with Crippen LogP contribution in [0.5, 0.6) is 23.3 Å². The summed E-state index contributed by atoms with van der Waals surface area (Å²) < 4.78 is 22.2. The Balaban J connectivity index is 1.31. The highest BCUT2D eigenvalue weighted by molar-refractivity contribution is 6.09. The van der Waals surface area contributed by atoms with E-state index in [0.717, 1.165) is 55.7 Å². The van der Waals surface area contributed by atoms with Crippen LogP contribution in [-0.2, 0) is 0 Å². The molecule has 0 bridgehead atoms. The SMILES string of the molecule is COc1nn(-c2cccc(Oc3ccc4c5ccccc5n(-c5cc(C)ccn5)c4c3)c2)c(OC)c1-c1c(C)cc(C)cc1C. The molecule has 0 amide bonds. The highest BCUT2D eigenvalue weighted by Crippen LogP contribution is 2.43. The minimum Gasteiger partial charge on any atom is -0.480 e. The Kier molecular flexibility index (Phi) is 7.01. The second-order valence-corrected chi connectivity index (χ2v) is 11.4. The van der Waals surface area contributed by atoms with Gasteiger partial charge >= 0.3 is 0 Å². The van der Waals surface area contributed by atoms with Gasteiger partial charge in [0.25, 0.3) is 0 Å². The molecule has 7 heteroatoms. The average molecular weight is 595 g/mol. The summed E-state index contributed by atoms with van der Waals surface area (Å²) in [5.74, 6) is 3.35. The van der Waals surface area contributed by atoms with E-state index < -0.39 is 0 Å². The monoisotopic (exact) mass is 594 g/mol. The average Bonchev–Trinajstić information content (AvgIpc) is 3.56. The van der Waals surface area contributed by atoms with Crippen LogP contribution in [0.15, 0.2) is 97.2 Å². The van der Waals surface area contributed by atoms with Crippen molar-refractivity contribution in [2.24, 2.45) is 0 Å². The molecule has 0 spiro atoms. The topological polar surface area (TPSA) is 63.3 Å². The second-order valence-electron chi connectivity index (χ2n) is 11.4. The molecular weight excluding hydrogens is 560 g/mol. The Morgan fingerprint density at radius 2 is 1.38 bits per heavy atom. The standard InChI is InChI=1S/C38H34N4O3/c1-23-16-17-39-34(20-23)41-32-13-8-7-12-30(32)31-15-14-29(22-33(31)41)45-28-11-9-10-27(21-28)42-38(44-6)36(37(40-42)43-5)35-25(3)18-24(2)19-26(35)4/h7-22H,1-6H3. The fraction of sp³-hybridized carbons (Fsp3) is 0.158. The molecule has 7 rings (SSSR count). The number of benzene rings is 4. The van der Waals surface area contributed by atoms with Crippen molar-refractivity contribution in [1.29, 1.82) is 0 Å². The molecule has 0 saturated heterocycles. The van der Waals surface area contributed by atoms with Crippen molar-refractivity contribution in [3.63, 3.8) is 0 Å². The van der Waals surface area contributed by atoms with Gasteiger partial charge in [-0.2, -0.15) is 4.68 Å². The van der Waals surface area contributed by atoms with Gasteiger partial charge in [-0.25, -0.2) is 4.98 Å². The lowest BCUT2D eigenvalue weighted by molar-refractivity contribution is 0.382. The first-order chi connectivity index (χ1) is 21.9. The largest absolute Gasteiger partial charge is 0.480 e. The molecule has 0 atom stereocenters. The van der Waals surface area contributed by atoms with Crippen molar-refractivity contribution >= 4 is 21.8 Å². The van der Waals surface area contributed by atoms with Gasteiger partial charge in [-0.15, -0.1) is 5.10 Å². The number of hydrogen-bond donors (Lipinski definition) is 0. The fourth-order valence-electron chi connectivity index (χ4n) is 6.40. The molecule has 0 aliphatic rings. The van der Waals surface area contributed by atoms with Gasteiger partial charge in [0.15, 0.2) is 0 Å². The number of fused-ring (bicyclic) bond motifs is 3. The molecule has 224 valence electrons. The van der Waals surface area contributed by atoms with Crippen LogP contribution < -0.4 is 14.2 Å². The van der Waals surface area contributed by atoms with Crippen LogP contribution in [-0.4, -0.2) is 33.6 Å². The van der Waals surface area contributed by atoms with Crippen molar-refractivity contribution in [3.8, 4) is 45.9 Å². The van der Waals surface area contributed by atoms with Gasteiger partial charge in [-0.3, -0.25) is 4.57 Å². The zero-order valence-corrected chi connectivity index (χ0v) is 26.3. The molecule has 4 aromatic carbocycles. The summed E-state index contributed by atoms with van der Waals surface area (Å²) in [6.07, 6.45) is 1.85. The number of ether oxygens (including phenoxy) is 3. The number of nitrogens with zero attached hydrogens (tertiary/aromatic N) is 4. The predicted molar refractivity (Wildman–Crippen MR) is 180 cm³/mol. The van der Waals surface area contributed by atoms with Crippen LogP contribution in [0.4, 0.5) is 0 Å². The van der Waals surface area contributed by atoms with E-state index in [-0.39, 0.29) is 0 Å². The maximum atomic E-state index is 6.49. The van der Waals surface area contributed by atoms with Gasteiger partial charge in [0.1, 0.15) is 22.9 Å². The highest BCUT2D eigenvalue weighted by Gasteiger charge is 2.25. The van der Waals surface area contributed by atoms with Gasteiger partial charge in [0, 0.05) is 29.1 Å². The van der Waals surface area contributed by atoms with Crippen LogP contribution in [0, 0.1) is 27.7 Å². The Bertz CT molecular complexity index is 2200. The van der Waals surface area contributed by atoms with E-state index in [4.69, 9.17) is 24.3 Å². The van der Waals surface area contributed by atoms with E-state index in [1.165, 1.54) is 10.9 Å². The minimum atomic E-state index is 0.497. The summed E-state index contributed by atoms with van der Waals surface area (Å²) in [5, 5.41) is 7.12. The lowest BCUT2D eigenvalue weighted by atomic mass is 9.95. The molecule has 7 aromatic rings. The van der Waals surface area contributed by atoms with Crippen molar-refractivity contribution < 1.29 is 14.2 Å². The first-order valence-electron chi connectivity index (χ1n) is 14.9. The smallest absolute Gasteiger partial charge is 0.245 e. The molecule has 3 aromatic heterocycles. The normalized spacial score (nSPS) is 11.3. The molecule has 0 N–H and O–H groups in total. The lowest BCUT2D eigenvalue weighted by Crippen LogP contribution is -2.01. The number of aromatic nitrogens is 4. The lowest BCUT2D eigenvalue weighted by Gasteiger charge is -2.14. The molecule has 0 aliphatic heterocycles. The maximum absolute atomic E-state index is 6.49. The van der Waals surface area contributed by atoms with Gasteiger partial charge in [0.2, 0.25) is 11.8 Å². The predicted octanol–water partition coefficient (Wildman–Crippen LogP) is 9.07. The quantitative estimate of drug-likeness (QED) is 0.184. The molecule has 45 heavy (non-hydrogen) atoms. The third-order valence-electron chi connectivity index (χ3n) is 8.20. The molecule has 0 aliphatic carbocycles. The van der Waals surface area contributed by atoms with Crippen LogP contribution in [0.3, 0.4) is 0 Å². The van der Waals surface area contributed by atoms with Gasteiger partial charge < -0.3 is 14.2 Å². The zero-order chi connectivity index (χ0) is 31.2. The van der Waals surface area contributed by atoms with E-state index in [2.05, 4.69) is 86.9 Å². The van der Waals surface area contributed by atoms with Crippen molar-refractivity contribution in [1.82, 2.24) is 19.3 Å². The molecule has 0 unspecified atom stereocenters. The second kappa shape index (κ2) is 11.2. The van der Waals surface area contributed by atoms with Crippen LogP contribution >= 0.6 is 0 Å². The van der Waals surface area contributed by atoms with Gasteiger partial charge in [0.05, 0.1) is 30.9 Å². The highest BCUT2D eigenvalue weighted by atomic mass is 16.5. The first-order valence-corrected chi connectivity index (χ1v) is 14.9. The zero-order valence-electron chi connectivity index (χ0n) is 26.3. The van der Waals surface area contributed by atoms with E-state index in [0.29, 0.717) is 23.3 Å². The Hall–Kier alpha value is -5.56. The summed E-state index contributed by atoms with van der Waals surface area (Å²) in [4.78, 5) is 4.70.